The van der Waals surface area contributed by atoms with Gasteiger partial charge in [0.1, 0.15) is 0 Å². The Hall–Kier alpha value is -0.350. The van der Waals surface area contributed by atoms with Gasteiger partial charge in [0.2, 0.25) is 10.0 Å². The zero-order valence-electron chi connectivity index (χ0n) is 8.07. The van der Waals surface area contributed by atoms with Crippen LogP contribution in [0.2, 0.25) is 0 Å². The van der Waals surface area contributed by atoms with Gasteiger partial charge < -0.3 is 0 Å². The second kappa shape index (κ2) is 4.24. The second-order valence-electron chi connectivity index (χ2n) is 3.41. The first kappa shape index (κ1) is 10.7. The molecule has 0 radical (unpaired) electrons. The third-order valence-electron chi connectivity index (χ3n) is 2.08. The van der Waals surface area contributed by atoms with Crippen LogP contribution in [0.4, 0.5) is 0 Å². The van der Waals surface area contributed by atoms with Crippen LogP contribution in [-0.2, 0) is 10.0 Å². The summed E-state index contributed by atoms with van der Waals surface area (Å²) in [5.41, 5.74) is 0. The minimum Gasteiger partial charge on any atom is -0.212 e. The summed E-state index contributed by atoms with van der Waals surface area (Å²) in [4.78, 5) is 0. The van der Waals surface area contributed by atoms with Crippen LogP contribution < -0.4 is 0 Å². The lowest BCUT2D eigenvalue weighted by atomic mass is 10.5. The lowest BCUT2D eigenvalue weighted by Crippen LogP contribution is -2.35. The van der Waals surface area contributed by atoms with Gasteiger partial charge in [0.15, 0.2) is 0 Å². The molecule has 4 heteroatoms. The lowest BCUT2D eigenvalue weighted by molar-refractivity contribution is 0.405. The van der Waals surface area contributed by atoms with E-state index in [2.05, 4.69) is 6.58 Å². The van der Waals surface area contributed by atoms with Crippen LogP contribution in [0.25, 0.3) is 0 Å². The first-order valence-corrected chi connectivity index (χ1v) is 6.33. The van der Waals surface area contributed by atoms with Gasteiger partial charge >= 0.3 is 0 Å². The van der Waals surface area contributed by atoms with Crippen molar-refractivity contribution >= 4 is 10.0 Å². The van der Waals surface area contributed by atoms with Crippen LogP contribution in [-0.4, -0.2) is 31.1 Å². The molecule has 0 aromatic heterocycles. The van der Waals surface area contributed by atoms with Crippen molar-refractivity contribution < 1.29 is 8.42 Å². The summed E-state index contributed by atoms with van der Waals surface area (Å²) in [6, 6.07) is 0.282. The third-order valence-corrected chi connectivity index (χ3v) is 3.94. The zero-order valence-corrected chi connectivity index (χ0v) is 8.89. The minimum atomic E-state index is -3.06. The predicted octanol–water partition coefficient (Wildman–Crippen LogP) is 1.38. The number of nitrogens with zero attached hydrogens (tertiary/aromatic N) is 1. The van der Waals surface area contributed by atoms with Gasteiger partial charge in [0.25, 0.3) is 0 Å². The third kappa shape index (κ3) is 2.81. The fourth-order valence-corrected chi connectivity index (χ4v) is 2.99. The highest BCUT2D eigenvalue weighted by Crippen LogP contribution is 2.29. The maximum Gasteiger partial charge on any atom is 0.217 e. The molecule has 0 spiro atoms. The van der Waals surface area contributed by atoms with Gasteiger partial charge in [-0.15, -0.1) is 6.58 Å². The molecule has 0 unspecified atom stereocenters. The van der Waals surface area contributed by atoms with E-state index in [4.69, 9.17) is 0 Å². The van der Waals surface area contributed by atoms with Crippen LogP contribution in [0.3, 0.4) is 0 Å². The van der Waals surface area contributed by atoms with Crippen molar-refractivity contribution in [2.24, 2.45) is 0 Å². The molecule has 0 saturated heterocycles. The fraction of sp³-hybridized carbons (Fsp3) is 0.778. The molecule has 76 valence electrons. The molecule has 0 aromatic rings. The molecule has 0 atom stereocenters. The summed E-state index contributed by atoms with van der Waals surface area (Å²) in [5, 5.41) is 0. The molecule has 0 N–H and O–H groups in total. The maximum absolute atomic E-state index is 11.7. The van der Waals surface area contributed by atoms with Gasteiger partial charge in [-0.2, -0.15) is 4.31 Å². The second-order valence-corrected chi connectivity index (χ2v) is 5.38. The van der Waals surface area contributed by atoms with Crippen LogP contribution in [0.1, 0.15) is 26.2 Å². The van der Waals surface area contributed by atoms with E-state index in [9.17, 15) is 8.42 Å². The Morgan fingerprint density at radius 2 is 2.15 bits per heavy atom. The molecule has 1 saturated carbocycles. The molecule has 3 nitrogen and oxygen atoms in total. The molecule has 0 heterocycles. The van der Waals surface area contributed by atoms with E-state index in [1.807, 2.05) is 6.92 Å². The Kier molecular flexibility index (Phi) is 3.50. The molecule has 13 heavy (non-hydrogen) atoms. The van der Waals surface area contributed by atoms with Gasteiger partial charge in [0, 0.05) is 12.6 Å². The van der Waals surface area contributed by atoms with Gasteiger partial charge in [-0.25, -0.2) is 8.42 Å². The van der Waals surface area contributed by atoms with Gasteiger partial charge in [-0.05, 0) is 19.3 Å². The quantitative estimate of drug-likeness (QED) is 0.611. The van der Waals surface area contributed by atoms with E-state index in [0.29, 0.717) is 6.54 Å². The van der Waals surface area contributed by atoms with E-state index in [1.165, 1.54) is 6.08 Å². The molecule has 1 aliphatic rings. The highest BCUT2D eigenvalue weighted by Gasteiger charge is 2.35. The summed E-state index contributed by atoms with van der Waals surface area (Å²) >= 11 is 0. The highest BCUT2D eigenvalue weighted by molar-refractivity contribution is 7.89. The Labute approximate surface area is 80.5 Å². The van der Waals surface area contributed by atoms with E-state index in [1.54, 1.807) is 4.31 Å². The molecule has 0 bridgehead atoms. The largest absolute Gasteiger partial charge is 0.217 e. The maximum atomic E-state index is 11.7. The van der Waals surface area contributed by atoms with Gasteiger partial charge in [-0.1, -0.05) is 13.0 Å². The van der Waals surface area contributed by atoms with Crippen LogP contribution in [0.15, 0.2) is 12.7 Å². The van der Waals surface area contributed by atoms with Crippen molar-refractivity contribution in [2.45, 2.75) is 32.2 Å². The monoisotopic (exact) mass is 203 g/mol. The number of rotatable bonds is 6. The first-order valence-electron chi connectivity index (χ1n) is 4.72. The van der Waals surface area contributed by atoms with Crippen molar-refractivity contribution in [3.63, 3.8) is 0 Å². The predicted molar refractivity (Wildman–Crippen MR) is 54.0 cm³/mol. The van der Waals surface area contributed by atoms with E-state index in [-0.39, 0.29) is 11.8 Å². The Balaban J connectivity index is 2.67. The molecular weight excluding hydrogens is 186 g/mol. The molecule has 1 rings (SSSR count). The standard InChI is InChI=1S/C9H17NO2S/c1-3-7-10(9-5-6-9)13(11,12)8-4-2/h4,9H,2-3,5-8H2,1H3. The summed E-state index contributed by atoms with van der Waals surface area (Å²) in [6.07, 6.45) is 4.39. The van der Waals surface area contributed by atoms with Crippen molar-refractivity contribution in [1.82, 2.24) is 4.31 Å². The topological polar surface area (TPSA) is 37.4 Å². The van der Waals surface area contributed by atoms with Crippen molar-refractivity contribution in [3.8, 4) is 0 Å². The fourth-order valence-electron chi connectivity index (χ4n) is 1.38. The van der Waals surface area contributed by atoms with Crippen LogP contribution in [0, 0.1) is 0 Å². The first-order chi connectivity index (χ1) is 6.11. The molecule has 1 aliphatic carbocycles. The van der Waals surface area contributed by atoms with Crippen molar-refractivity contribution in [2.75, 3.05) is 12.3 Å². The summed E-state index contributed by atoms with van der Waals surface area (Å²) in [7, 11) is -3.06. The summed E-state index contributed by atoms with van der Waals surface area (Å²) in [5.74, 6) is 0.0729. The van der Waals surface area contributed by atoms with Crippen LogP contribution in [0.5, 0.6) is 0 Å². The number of hydrogen-bond donors (Lipinski definition) is 0. The zero-order chi connectivity index (χ0) is 9.90. The van der Waals surface area contributed by atoms with Crippen LogP contribution >= 0.6 is 0 Å². The molecule has 0 aromatic carbocycles. The Morgan fingerprint density at radius 3 is 2.54 bits per heavy atom. The summed E-state index contributed by atoms with van der Waals surface area (Å²) < 4.78 is 24.9. The molecule has 1 fully saturated rings. The average molecular weight is 203 g/mol. The number of hydrogen-bond acceptors (Lipinski definition) is 2. The van der Waals surface area contributed by atoms with Crippen molar-refractivity contribution in [1.29, 1.82) is 0 Å². The molecular formula is C9H17NO2S. The van der Waals surface area contributed by atoms with Crippen molar-refractivity contribution in [3.05, 3.63) is 12.7 Å². The van der Waals surface area contributed by atoms with E-state index in [0.717, 1.165) is 19.3 Å². The normalized spacial score (nSPS) is 17.7. The summed E-state index contributed by atoms with van der Waals surface area (Å²) in [6.45, 7) is 6.11. The highest BCUT2D eigenvalue weighted by atomic mass is 32.2. The SMILES string of the molecule is C=CCS(=O)(=O)N(CCC)C1CC1. The smallest absolute Gasteiger partial charge is 0.212 e. The lowest BCUT2D eigenvalue weighted by Gasteiger charge is -2.19. The van der Waals surface area contributed by atoms with E-state index >= 15 is 0 Å². The minimum absolute atomic E-state index is 0.0729. The Morgan fingerprint density at radius 1 is 1.54 bits per heavy atom. The van der Waals surface area contributed by atoms with E-state index < -0.39 is 10.0 Å². The molecule has 0 aliphatic heterocycles. The molecule has 0 amide bonds. The van der Waals surface area contributed by atoms with Gasteiger partial charge in [-0.3, -0.25) is 0 Å². The average Bonchev–Trinajstić information content (AvgIpc) is 2.82. The van der Waals surface area contributed by atoms with Gasteiger partial charge in [0.05, 0.1) is 5.75 Å². The number of sulfonamides is 1. The Bertz CT molecular complexity index is 267.